The number of carbonyl (C=O) groups excluding carboxylic acids is 1. The number of benzene rings is 1. The van der Waals surface area contributed by atoms with Crippen molar-refractivity contribution in [2.24, 2.45) is 0 Å². The third-order valence-corrected chi connectivity index (χ3v) is 3.02. The van der Waals surface area contributed by atoms with E-state index in [0.29, 0.717) is 11.4 Å². The van der Waals surface area contributed by atoms with Gasteiger partial charge in [0.05, 0.1) is 25.8 Å². The van der Waals surface area contributed by atoms with E-state index in [-0.39, 0.29) is 5.56 Å². The van der Waals surface area contributed by atoms with E-state index < -0.39 is 31.8 Å². The van der Waals surface area contributed by atoms with Crippen LogP contribution in [0.25, 0.3) is 0 Å². The molecular weight excluding hydrogens is 316 g/mol. The molecule has 0 atom stereocenters. The van der Waals surface area contributed by atoms with Crippen LogP contribution in [-0.2, 0) is 6.54 Å². The van der Waals surface area contributed by atoms with Gasteiger partial charge in [0, 0.05) is 11.8 Å². The topological polar surface area (TPSA) is 51.0 Å². The SMILES string of the molecule is O=C(c1ccc(Cn2ccnn2)cc1)N(CC(F)F)CC(F)F. The maximum Gasteiger partial charge on any atom is 0.255 e. The molecule has 1 aromatic heterocycles. The molecular formula is C14H14F4N4O. The fourth-order valence-corrected chi connectivity index (χ4v) is 2.01. The summed E-state index contributed by atoms with van der Waals surface area (Å²) in [5, 5.41) is 7.44. The quantitative estimate of drug-likeness (QED) is 0.732. The van der Waals surface area contributed by atoms with Crippen molar-refractivity contribution in [1.82, 2.24) is 19.9 Å². The van der Waals surface area contributed by atoms with E-state index in [9.17, 15) is 22.4 Å². The number of alkyl halides is 4. The summed E-state index contributed by atoms with van der Waals surface area (Å²) < 4.78 is 51.3. The number of amides is 1. The Morgan fingerprint density at radius 1 is 1.09 bits per heavy atom. The van der Waals surface area contributed by atoms with Crippen LogP contribution in [-0.4, -0.2) is 51.7 Å². The molecule has 2 rings (SSSR count). The molecule has 0 saturated carbocycles. The van der Waals surface area contributed by atoms with Gasteiger partial charge in [0.25, 0.3) is 18.8 Å². The van der Waals surface area contributed by atoms with E-state index in [1.807, 2.05) is 0 Å². The molecule has 9 heteroatoms. The Labute approximate surface area is 129 Å². The Bertz CT molecular complexity index is 606. The van der Waals surface area contributed by atoms with Gasteiger partial charge in [0.1, 0.15) is 0 Å². The summed E-state index contributed by atoms with van der Waals surface area (Å²) in [7, 11) is 0. The van der Waals surface area contributed by atoms with E-state index in [1.165, 1.54) is 18.3 Å². The van der Waals surface area contributed by atoms with E-state index >= 15 is 0 Å². The zero-order chi connectivity index (χ0) is 16.8. The first-order chi connectivity index (χ1) is 11.0. The molecule has 0 unspecified atom stereocenters. The van der Waals surface area contributed by atoms with E-state index in [1.54, 1.807) is 23.0 Å². The number of hydrogen-bond acceptors (Lipinski definition) is 3. The maximum atomic E-state index is 12.4. The van der Waals surface area contributed by atoms with Crippen molar-refractivity contribution >= 4 is 5.91 Å². The Kier molecular flexibility index (Phi) is 5.67. The summed E-state index contributed by atoms with van der Waals surface area (Å²) in [6.07, 6.45) is -2.56. The molecule has 1 heterocycles. The molecule has 0 spiro atoms. The predicted molar refractivity (Wildman–Crippen MR) is 73.5 cm³/mol. The summed E-state index contributed by atoms with van der Waals surface area (Å²) >= 11 is 0. The summed E-state index contributed by atoms with van der Waals surface area (Å²) in [4.78, 5) is 12.5. The van der Waals surface area contributed by atoms with Crippen molar-refractivity contribution in [3.05, 3.63) is 47.8 Å². The van der Waals surface area contributed by atoms with Crippen LogP contribution in [0.4, 0.5) is 17.6 Å². The molecule has 0 bridgehead atoms. The van der Waals surface area contributed by atoms with Crippen molar-refractivity contribution in [3.63, 3.8) is 0 Å². The number of carbonyl (C=O) groups is 1. The number of rotatable bonds is 7. The largest absolute Gasteiger partial charge is 0.327 e. The first-order valence-electron chi connectivity index (χ1n) is 6.74. The monoisotopic (exact) mass is 330 g/mol. The minimum atomic E-state index is -2.87. The third kappa shape index (κ3) is 5.04. The normalized spacial score (nSPS) is 11.2. The standard InChI is InChI=1S/C14H14F4N4O/c15-12(16)8-21(9-13(17)18)14(23)11-3-1-10(2-4-11)7-22-6-5-19-20-22/h1-6,12-13H,7-9H2. The second kappa shape index (κ2) is 7.70. The van der Waals surface area contributed by atoms with Crippen molar-refractivity contribution in [2.75, 3.05) is 13.1 Å². The number of nitrogens with zero attached hydrogens (tertiary/aromatic N) is 4. The maximum absolute atomic E-state index is 12.4. The molecule has 1 aromatic carbocycles. The molecule has 0 aliphatic carbocycles. The molecule has 0 radical (unpaired) electrons. The van der Waals surface area contributed by atoms with Crippen LogP contribution in [0.15, 0.2) is 36.7 Å². The van der Waals surface area contributed by atoms with Gasteiger partial charge in [0.2, 0.25) is 0 Å². The smallest absolute Gasteiger partial charge is 0.255 e. The van der Waals surface area contributed by atoms with Gasteiger partial charge in [-0.1, -0.05) is 17.3 Å². The van der Waals surface area contributed by atoms with Gasteiger partial charge in [-0.25, -0.2) is 22.2 Å². The molecule has 0 aliphatic heterocycles. The first kappa shape index (κ1) is 16.9. The molecule has 23 heavy (non-hydrogen) atoms. The van der Waals surface area contributed by atoms with Crippen molar-refractivity contribution in [1.29, 1.82) is 0 Å². The highest BCUT2D eigenvalue weighted by Gasteiger charge is 2.22. The van der Waals surface area contributed by atoms with Crippen LogP contribution in [0.1, 0.15) is 15.9 Å². The summed E-state index contributed by atoms with van der Waals surface area (Å²) in [6.45, 7) is -1.62. The Morgan fingerprint density at radius 2 is 1.70 bits per heavy atom. The zero-order valence-corrected chi connectivity index (χ0v) is 11.9. The molecule has 0 N–H and O–H groups in total. The second-order valence-corrected chi connectivity index (χ2v) is 4.79. The summed E-state index contributed by atoms with van der Waals surface area (Å²) in [5.41, 5.74) is 0.884. The zero-order valence-electron chi connectivity index (χ0n) is 11.9. The molecule has 1 amide bonds. The highest BCUT2D eigenvalue weighted by molar-refractivity contribution is 5.94. The highest BCUT2D eigenvalue weighted by Crippen LogP contribution is 2.12. The van der Waals surface area contributed by atoms with Gasteiger partial charge in [0.15, 0.2) is 0 Å². The van der Waals surface area contributed by atoms with Gasteiger partial charge < -0.3 is 4.90 Å². The van der Waals surface area contributed by atoms with Gasteiger partial charge in [-0.3, -0.25) is 4.79 Å². The van der Waals surface area contributed by atoms with Gasteiger partial charge in [-0.15, -0.1) is 5.10 Å². The lowest BCUT2D eigenvalue weighted by atomic mass is 10.1. The van der Waals surface area contributed by atoms with Gasteiger partial charge >= 0.3 is 0 Å². The highest BCUT2D eigenvalue weighted by atomic mass is 19.3. The van der Waals surface area contributed by atoms with E-state index in [4.69, 9.17) is 0 Å². The first-order valence-corrected chi connectivity index (χ1v) is 6.74. The van der Waals surface area contributed by atoms with Crippen LogP contribution in [0.5, 0.6) is 0 Å². The lowest BCUT2D eigenvalue weighted by Gasteiger charge is -2.22. The van der Waals surface area contributed by atoms with Crippen LogP contribution in [0.3, 0.4) is 0 Å². The van der Waals surface area contributed by atoms with Crippen LogP contribution < -0.4 is 0 Å². The minimum absolute atomic E-state index is 0.0774. The van der Waals surface area contributed by atoms with Crippen molar-refractivity contribution in [2.45, 2.75) is 19.4 Å². The second-order valence-electron chi connectivity index (χ2n) is 4.79. The van der Waals surface area contributed by atoms with Crippen LogP contribution in [0, 0.1) is 0 Å². The minimum Gasteiger partial charge on any atom is -0.327 e. The van der Waals surface area contributed by atoms with Crippen LogP contribution >= 0.6 is 0 Å². The third-order valence-electron chi connectivity index (χ3n) is 3.02. The van der Waals surface area contributed by atoms with Crippen molar-refractivity contribution < 1.29 is 22.4 Å². The summed E-state index contributed by atoms with van der Waals surface area (Å²) in [5.74, 6) is -0.849. The average molecular weight is 330 g/mol. The number of hydrogen-bond donors (Lipinski definition) is 0. The fourth-order valence-electron chi connectivity index (χ4n) is 2.01. The number of aromatic nitrogens is 3. The fraction of sp³-hybridized carbons (Fsp3) is 0.357. The van der Waals surface area contributed by atoms with Crippen LogP contribution in [0.2, 0.25) is 0 Å². The molecule has 124 valence electrons. The molecule has 0 saturated heterocycles. The van der Waals surface area contributed by atoms with E-state index in [0.717, 1.165) is 5.56 Å². The Hall–Kier alpha value is -2.45. The predicted octanol–water partition coefficient (Wildman–Crippen LogP) is 2.30. The average Bonchev–Trinajstić information content (AvgIpc) is 2.98. The lowest BCUT2D eigenvalue weighted by molar-refractivity contribution is 0.0327. The lowest BCUT2D eigenvalue weighted by Crippen LogP contribution is -2.38. The van der Waals surface area contributed by atoms with Gasteiger partial charge in [-0.2, -0.15) is 0 Å². The Balaban J connectivity index is 2.07. The van der Waals surface area contributed by atoms with Gasteiger partial charge in [-0.05, 0) is 17.7 Å². The Morgan fingerprint density at radius 3 is 2.17 bits per heavy atom. The molecule has 5 nitrogen and oxygen atoms in total. The molecule has 0 aliphatic rings. The van der Waals surface area contributed by atoms with Crippen molar-refractivity contribution in [3.8, 4) is 0 Å². The molecule has 0 fully saturated rings. The summed E-state index contributed by atoms with van der Waals surface area (Å²) in [6, 6.07) is 6.05. The number of halogens is 4. The van der Waals surface area contributed by atoms with E-state index in [2.05, 4.69) is 10.3 Å². The molecule has 2 aromatic rings.